The van der Waals surface area contributed by atoms with Crippen LogP contribution >= 0.6 is 20.8 Å². The standard InChI is InChI=1S/C11H9O2PS/c12-11(13-14)10-6-9(7-15-10)8-4-2-1-3-5-8/h1-7H,14H2. The molecule has 0 radical (unpaired) electrons. The first-order valence-electron chi connectivity index (χ1n) is 4.36. The van der Waals surface area contributed by atoms with E-state index in [2.05, 4.69) is 4.52 Å². The van der Waals surface area contributed by atoms with Gasteiger partial charge in [-0.25, -0.2) is 4.79 Å². The highest BCUT2D eigenvalue weighted by molar-refractivity contribution is 7.14. The van der Waals surface area contributed by atoms with E-state index in [1.807, 2.05) is 51.2 Å². The molecule has 0 spiro atoms. The largest absolute Gasteiger partial charge is 0.447 e. The van der Waals surface area contributed by atoms with Crippen molar-refractivity contribution in [2.45, 2.75) is 0 Å². The molecule has 0 saturated heterocycles. The van der Waals surface area contributed by atoms with E-state index >= 15 is 0 Å². The Labute approximate surface area is 94.2 Å². The molecule has 1 aromatic heterocycles. The molecule has 0 amide bonds. The zero-order chi connectivity index (χ0) is 10.7. The number of hydrogen-bond acceptors (Lipinski definition) is 3. The smallest absolute Gasteiger partial charge is 0.350 e. The van der Waals surface area contributed by atoms with Crippen LogP contribution in [0.1, 0.15) is 9.67 Å². The van der Waals surface area contributed by atoms with Gasteiger partial charge in [0, 0.05) is 0 Å². The average molecular weight is 236 g/mol. The lowest BCUT2D eigenvalue weighted by molar-refractivity contribution is 0.0770. The molecule has 1 atom stereocenters. The highest BCUT2D eigenvalue weighted by Gasteiger charge is 2.09. The third-order valence-electron chi connectivity index (χ3n) is 2.01. The fraction of sp³-hybridized carbons (Fsp3) is 0. The summed E-state index contributed by atoms with van der Waals surface area (Å²) >= 11 is 1.39. The van der Waals surface area contributed by atoms with Gasteiger partial charge in [-0.1, -0.05) is 30.3 Å². The van der Waals surface area contributed by atoms with Crippen LogP contribution in [0.3, 0.4) is 0 Å². The van der Waals surface area contributed by atoms with Crippen LogP contribution in [0, 0.1) is 0 Å². The van der Waals surface area contributed by atoms with Gasteiger partial charge in [0.25, 0.3) is 0 Å². The number of rotatable bonds is 2. The minimum Gasteiger partial charge on any atom is -0.447 e. The first kappa shape index (κ1) is 10.3. The Kier molecular flexibility index (Phi) is 3.14. The third-order valence-corrected chi connectivity index (χ3v) is 3.14. The van der Waals surface area contributed by atoms with Gasteiger partial charge in [0.15, 0.2) is 0 Å². The van der Waals surface area contributed by atoms with Crippen LogP contribution in [-0.4, -0.2) is 5.97 Å². The van der Waals surface area contributed by atoms with E-state index in [9.17, 15) is 4.79 Å². The van der Waals surface area contributed by atoms with Crippen molar-refractivity contribution in [3.05, 3.63) is 46.7 Å². The van der Waals surface area contributed by atoms with Gasteiger partial charge in [-0.3, -0.25) is 0 Å². The summed E-state index contributed by atoms with van der Waals surface area (Å²) < 4.78 is 4.57. The molecule has 2 rings (SSSR count). The molecule has 4 heteroatoms. The number of benzene rings is 1. The van der Waals surface area contributed by atoms with Crippen LogP contribution < -0.4 is 0 Å². The third kappa shape index (κ3) is 2.25. The molecule has 0 bridgehead atoms. The monoisotopic (exact) mass is 236 g/mol. The van der Waals surface area contributed by atoms with E-state index in [0.29, 0.717) is 4.88 Å². The lowest BCUT2D eigenvalue weighted by atomic mass is 10.1. The Bertz CT molecular complexity index is 464. The number of carbonyl (C=O) groups is 1. The summed E-state index contributed by atoms with van der Waals surface area (Å²) in [6, 6.07) is 11.8. The Morgan fingerprint density at radius 2 is 1.93 bits per heavy atom. The van der Waals surface area contributed by atoms with Crippen LogP contribution in [0.15, 0.2) is 41.8 Å². The number of carbonyl (C=O) groups excluding carboxylic acids is 1. The van der Waals surface area contributed by atoms with Crippen molar-refractivity contribution in [1.29, 1.82) is 0 Å². The fourth-order valence-electron chi connectivity index (χ4n) is 1.28. The predicted molar refractivity (Wildman–Crippen MR) is 64.9 cm³/mol. The van der Waals surface area contributed by atoms with Gasteiger partial charge in [0.2, 0.25) is 0 Å². The summed E-state index contributed by atoms with van der Waals surface area (Å²) in [7, 11) is 1.96. The minimum absolute atomic E-state index is 0.313. The molecule has 1 aromatic carbocycles. The molecule has 0 aliphatic heterocycles. The molecular formula is C11H9O2PS. The SMILES string of the molecule is O=C(OP)c1cc(-c2ccccc2)cs1. The van der Waals surface area contributed by atoms with Gasteiger partial charge in [-0.15, -0.1) is 11.3 Å². The molecule has 15 heavy (non-hydrogen) atoms. The second-order valence-corrected chi connectivity index (χ2v) is 4.12. The summed E-state index contributed by atoms with van der Waals surface area (Å²) in [6.07, 6.45) is 0. The van der Waals surface area contributed by atoms with Crippen LogP contribution in [0.5, 0.6) is 0 Å². The van der Waals surface area contributed by atoms with E-state index in [-0.39, 0.29) is 5.97 Å². The first-order valence-corrected chi connectivity index (χ1v) is 5.71. The second-order valence-electron chi connectivity index (χ2n) is 2.97. The molecule has 0 aliphatic carbocycles. The van der Waals surface area contributed by atoms with Crippen molar-refractivity contribution in [3.8, 4) is 11.1 Å². The molecule has 2 nitrogen and oxygen atoms in total. The molecule has 1 heterocycles. The summed E-state index contributed by atoms with van der Waals surface area (Å²) in [5.74, 6) is -0.313. The van der Waals surface area contributed by atoms with Crippen molar-refractivity contribution in [1.82, 2.24) is 0 Å². The summed E-state index contributed by atoms with van der Waals surface area (Å²) in [4.78, 5) is 11.8. The van der Waals surface area contributed by atoms with E-state index in [4.69, 9.17) is 0 Å². The van der Waals surface area contributed by atoms with Gasteiger partial charge in [0.05, 0.1) is 9.47 Å². The molecule has 1 unspecified atom stereocenters. The van der Waals surface area contributed by atoms with Crippen LogP contribution in [0.4, 0.5) is 0 Å². The Hall–Kier alpha value is -1.18. The highest BCUT2D eigenvalue weighted by atomic mass is 32.1. The predicted octanol–water partition coefficient (Wildman–Crippen LogP) is 3.36. The quantitative estimate of drug-likeness (QED) is 0.747. The van der Waals surface area contributed by atoms with Crippen molar-refractivity contribution in [2.24, 2.45) is 0 Å². The normalized spacial score (nSPS) is 9.93. The molecule has 0 saturated carbocycles. The Morgan fingerprint density at radius 1 is 1.20 bits per heavy atom. The van der Waals surface area contributed by atoms with Gasteiger partial charge in [-0.05, 0) is 22.6 Å². The number of thiophene rings is 1. The van der Waals surface area contributed by atoms with Gasteiger partial charge >= 0.3 is 5.97 Å². The molecule has 76 valence electrons. The highest BCUT2D eigenvalue weighted by Crippen LogP contribution is 2.26. The van der Waals surface area contributed by atoms with Crippen LogP contribution in [0.2, 0.25) is 0 Å². The zero-order valence-electron chi connectivity index (χ0n) is 7.84. The van der Waals surface area contributed by atoms with Gasteiger partial charge in [-0.2, -0.15) is 0 Å². The summed E-state index contributed by atoms with van der Waals surface area (Å²) in [6.45, 7) is 0. The Balaban J connectivity index is 2.32. The van der Waals surface area contributed by atoms with Crippen molar-refractivity contribution >= 4 is 26.8 Å². The summed E-state index contributed by atoms with van der Waals surface area (Å²) in [5, 5.41) is 1.95. The molecule has 0 fully saturated rings. The topological polar surface area (TPSA) is 26.3 Å². The molecule has 0 N–H and O–H groups in total. The first-order chi connectivity index (χ1) is 7.31. The molecule has 0 aliphatic rings. The van der Waals surface area contributed by atoms with Gasteiger partial charge in [0.1, 0.15) is 4.88 Å². The van der Waals surface area contributed by atoms with E-state index < -0.39 is 0 Å². The van der Waals surface area contributed by atoms with Crippen molar-refractivity contribution in [2.75, 3.05) is 0 Å². The van der Waals surface area contributed by atoms with Crippen LogP contribution in [0.25, 0.3) is 11.1 Å². The van der Waals surface area contributed by atoms with E-state index in [1.54, 1.807) is 0 Å². The van der Waals surface area contributed by atoms with E-state index in [0.717, 1.165) is 11.1 Å². The Morgan fingerprint density at radius 3 is 2.60 bits per heavy atom. The van der Waals surface area contributed by atoms with Crippen molar-refractivity contribution < 1.29 is 9.32 Å². The maximum absolute atomic E-state index is 11.2. The minimum atomic E-state index is -0.313. The lowest BCUT2D eigenvalue weighted by Crippen LogP contribution is -1.92. The van der Waals surface area contributed by atoms with Crippen LogP contribution in [-0.2, 0) is 4.52 Å². The molecular weight excluding hydrogens is 227 g/mol. The summed E-state index contributed by atoms with van der Waals surface area (Å²) in [5.41, 5.74) is 2.16. The lowest BCUT2D eigenvalue weighted by Gasteiger charge is -1.95. The van der Waals surface area contributed by atoms with Crippen molar-refractivity contribution in [3.63, 3.8) is 0 Å². The van der Waals surface area contributed by atoms with E-state index in [1.165, 1.54) is 11.3 Å². The average Bonchev–Trinajstić information content (AvgIpc) is 2.78. The second kappa shape index (κ2) is 4.56. The zero-order valence-corrected chi connectivity index (χ0v) is 9.81. The maximum atomic E-state index is 11.2. The maximum Gasteiger partial charge on any atom is 0.350 e. The molecule has 2 aromatic rings. The number of hydrogen-bond donors (Lipinski definition) is 0. The fourth-order valence-corrected chi connectivity index (χ4v) is 2.29. The van der Waals surface area contributed by atoms with Gasteiger partial charge < -0.3 is 4.52 Å².